The van der Waals surface area contributed by atoms with E-state index in [1.807, 2.05) is 0 Å². The lowest BCUT2D eigenvalue weighted by Gasteiger charge is -2.22. The van der Waals surface area contributed by atoms with Crippen LogP contribution in [0.3, 0.4) is 0 Å². The van der Waals surface area contributed by atoms with Crippen molar-refractivity contribution in [3.05, 3.63) is 12.7 Å². The van der Waals surface area contributed by atoms with Gasteiger partial charge in [-0.15, -0.1) is 6.58 Å². The molecular weight excluding hydrogens is 182 g/mol. The van der Waals surface area contributed by atoms with Gasteiger partial charge in [0.05, 0.1) is 12.6 Å². The summed E-state index contributed by atoms with van der Waals surface area (Å²) in [5.41, 5.74) is -0.496. The summed E-state index contributed by atoms with van der Waals surface area (Å²) in [5.74, 6) is -1.05. The molecular formula is C10H17NO3. The molecule has 14 heavy (non-hydrogen) atoms. The molecule has 0 heterocycles. The first-order valence-electron chi connectivity index (χ1n) is 4.41. The molecule has 0 aromatic rings. The molecule has 0 aromatic heterocycles. The summed E-state index contributed by atoms with van der Waals surface area (Å²) >= 11 is 0. The Balaban J connectivity index is 4.35. The predicted octanol–water partition coefficient (Wildman–Crippen LogP) is 0.830. The number of ketones is 1. The Labute approximate surface area is 84.0 Å². The SMILES string of the molecule is C=CC(NCC(=O)O)C(=O)C(C)(C)C. The van der Waals surface area contributed by atoms with E-state index in [4.69, 9.17) is 5.11 Å². The molecule has 0 radical (unpaired) electrons. The van der Waals surface area contributed by atoms with E-state index in [1.165, 1.54) is 6.08 Å². The lowest BCUT2D eigenvalue weighted by Crippen LogP contribution is -2.43. The fourth-order valence-electron chi connectivity index (χ4n) is 0.947. The summed E-state index contributed by atoms with van der Waals surface area (Å²) in [6.07, 6.45) is 1.43. The molecule has 0 aromatic carbocycles. The second-order valence-electron chi connectivity index (χ2n) is 4.10. The second kappa shape index (κ2) is 4.91. The molecule has 1 unspecified atom stereocenters. The lowest BCUT2D eigenvalue weighted by atomic mass is 9.86. The van der Waals surface area contributed by atoms with Crippen molar-refractivity contribution >= 4 is 11.8 Å². The molecule has 1 atom stereocenters. The molecule has 0 saturated carbocycles. The van der Waals surface area contributed by atoms with Crippen LogP contribution < -0.4 is 5.32 Å². The summed E-state index contributed by atoms with van der Waals surface area (Å²) < 4.78 is 0. The quantitative estimate of drug-likeness (QED) is 0.644. The van der Waals surface area contributed by atoms with Gasteiger partial charge in [-0.05, 0) is 0 Å². The molecule has 4 nitrogen and oxygen atoms in total. The van der Waals surface area contributed by atoms with Gasteiger partial charge in [-0.2, -0.15) is 0 Å². The smallest absolute Gasteiger partial charge is 0.317 e. The van der Waals surface area contributed by atoms with Crippen LogP contribution in [0.4, 0.5) is 0 Å². The number of Topliss-reactive ketones (excluding diaryl/α,β-unsaturated/α-hetero) is 1. The Kier molecular flexibility index (Phi) is 4.50. The Bertz CT molecular complexity index is 240. The summed E-state index contributed by atoms with van der Waals surface area (Å²) in [6, 6.07) is -0.592. The van der Waals surface area contributed by atoms with Gasteiger partial charge in [0.1, 0.15) is 0 Å². The summed E-state index contributed by atoms with van der Waals surface area (Å²) in [4.78, 5) is 22.0. The van der Waals surface area contributed by atoms with E-state index in [0.717, 1.165) is 0 Å². The van der Waals surface area contributed by atoms with E-state index in [1.54, 1.807) is 20.8 Å². The van der Waals surface area contributed by atoms with E-state index < -0.39 is 17.4 Å². The van der Waals surface area contributed by atoms with Crippen LogP contribution in [0, 0.1) is 5.41 Å². The van der Waals surface area contributed by atoms with Gasteiger partial charge in [0.2, 0.25) is 0 Å². The molecule has 2 N–H and O–H groups in total. The first-order valence-corrected chi connectivity index (χ1v) is 4.41. The van der Waals surface area contributed by atoms with Crippen molar-refractivity contribution in [3.63, 3.8) is 0 Å². The fourth-order valence-corrected chi connectivity index (χ4v) is 0.947. The number of aliphatic carboxylic acids is 1. The van der Waals surface area contributed by atoms with E-state index >= 15 is 0 Å². The van der Waals surface area contributed by atoms with Crippen molar-refractivity contribution in [2.24, 2.45) is 5.41 Å². The normalized spacial score (nSPS) is 13.4. The molecule has 0 rings (SSSR count). The predicted molar refractivity (Wildman–Crippen MR) is 54.1 cm³/mol. The zero-order valence-electron chi connectivity index (χ0n) is 8.83. The standard InChI is InChI=1S/C10H17NO3/c1-5-7(11-6-8(12)13)9(14)10(2,3)4/h5,7,11H,1,6H2,2-4H3,(H,12,13). The minimum absolute atomic E-state index is 0.0613. The monoisotopic (exact) mass is 199 g/mol. The summed E-state index contributed by atoms with van der Waals surface area (Å²) in [7, 11) is 0. The minimum atomic E-state index is -0.987. The summed E-state index contributed by atoms with van der Waals surface area (Å²) in [5, 5.41) is 11.0. The van der Waals surface area contributed by atoms with E-state index in [-0.39, 0.29) is 12.3 Å². The van der Waals surface area contributed by atoms with Gasteiger partial charge >= 0.3 is 5.97 Å². The topological polar surface area (TPSA) is 66.4 Å². The highest BCUT2D eigenvalue weighted by Crippen LogP contribution is 2.17. The average Bonchev–Trinajstić information content (AvgIpc) is 2.03. The molecule has 0 bridgehead atoms. The van der Waals surface area contributed by atoms with E-state index in [0.29, 0.717) is 0 Å². The number of carbonyl (C=O) groups excluding carboxylic acids is 1. The Morgan fingerprint density at radius 3 is 2.29 bits per heavy atom. The molecule has 0 aliphatic heterocycles. The zero-order chi connectivity index (χ0) is 11.4. The number of hydrogen-bond acceptors (Lipinski definition) is 3. The fraction of sp³-hybridized carbons (Fsp3) is 0.600. The maximum absolute atomic E-state index is 11.7. The van der Waals surface area contributed by atoms with Gasteiger partial charge in [-0.25, -0.2) is 0 Å². The van der Waals surface area contributed by atoms with Crippen LogP contribution in [0.2, 0.25) is 0 Å². The third-order valence-corrected chi connectivity index (χ3v) is 1.73. The first-order chi connectivity index (χ1) is 6.29. The van der Waals surface area contributed by atoms with Crippen LogP contribution in [-0.2, 0) is 9.59 Å². The van der Waals surface area contributed by atoms with Crippen molar-refractivity contribution in [1.82, 2.24) is 5.32 Å². The van der Waals surface area contributed by atoms with E-state index in [2.05, 4.69) is 11.9 Å². The molecule has 0 amide bonds. The van der Waals surface area contributed by atoms with Crippen molar-refractivity contribution in [2.75, 3.05) is 6.54 Å². The molecule has 0 saturated heterocycles. The highest BCUT2D eigenvalue weighted by atomic mass is 16.4. The first kappa shape index (κ1) is 12.8. The van der Waals surface area contributed by atoms with Crippen molar-refractivity contribution < 1.29 is 14.7 Å². The van der Waals surface area contributed by atoms with Gasteiger partial charge in [0.25, 0.3) is 0 Å². The Morgan fingerprint density at radius 2 is 2.00 bits per heavy atom. The van der Waals surface area contributed by atoms with Crippen LogP contribution in [0.25, 0.3) is 0 Å². The van der Waals surface area contributed by atoms with Gasteiger partial charge in [0, 0.05) is 5.41 Å². The lowest BCUT2D eigenvalue weighted by molar-refractivity contribution is -0.136. The molecule has 0 aliphatic rings. The average molecular weight is 199 g/mol. The highest BCUT2D eigenvalue weighted by Gasteiger charge is 2.27. The molecule has 0 spiro atoms. The van der Waals surface area contributed by atoms with E-state index in [9.17, 15) is 9.59 Å². The third kappa shape index (κ3) is 4.18. The van der Waals surface area contributed by atoms with Gasteiger partial charge in [0.15, 0.2) is 5.78 Å². The Hall–Kier alpha value is -1.16. The van der Waals surface area contributed by atoms with Crippen LogP contribution >= 0.6 is 0 Å². The third-order valence-electron chi connectivity index (χ3n) is 1.73. The second-order valence-corrected chi connectivity index (χ2v) is 4.10. The van der Waals surface area contributed by atoms with Crippen LogP contribution in [0.5, 0.6) is 0 Å². The van der Waals surface area contributed by atoms with Crippen molar-refractivity contribution in [3.8, 4) is 0 Å². The van der Waals surface area contributed by atoms with Gasteiger partial charge in [-0.1, -0.05) is 26.8 Å². The van der Waals surface area contributed by atoms with Crippen LogP contribution in [0.1, 0.15) is 20.8 Å². The van der Waals surface area contributed by atoms with Crippen molar-refractivity contribution in [2.45, 2.75) is 26.8 Å². The number of carboxylic acid groups (broad SMARTS) is 1. The highest BCUT2D eigenvalue weighted by molar-refractivity contribution is 5.90. The molecule has 80 valence electrons. The molecule has 0 fully saturated rings. The zero-order valence-corrected chi connectivity index (χ0v) is 8.83. The van der Waals surface area contributed by atoms with Gasteiger partial charge < -0.3 is 5.11 Å². The largest absolute Gasteiger partial charge is 0.480 e. The number of nitrogens with one attached hydrogen (secondary N) is 1. The maximum Gasteiger partial charge on any atom is 0.317 e. The van der Waals surface area contributed by atoms with Gasteiger partial charge in [-0.3, -0.25) is 14.9 Å². The number of hydrogen-bond donors (Lipinski definition) is 2. The van der Waals surface area contributed by atoms with Crippen LogP contribution in [-0.4, -0.2) is 29.4 Å². The summed E-state index contributed by atoms with van der Waals surface area (Å²) in [6.45, 7) is 8.62. The van der Waals surface area contributed by atoms with Crippen LogP contribution in [0.15, 0.2) is 12.7 Å². The molecule has 0 aliphatic carbocycles. The number of carbonyl (C=O) groups is 2. The number of carboxylic acids is 1. The molecule has 4 heteroatoms. The van der Waals surface area contributed by atoms with Crippen molar-refractivity contribution in [1.29, 1.82) is 0 Å². The Morgan fingerprint density at radius 1 is 1.50 bits per heavy atom. The number of rotatable bonds is 5. The maximum atomic E-state index is 11.7. The minimum Gasteiger partial charge on any atom is -0.480 e.